The molecule has 0 aliphatic carbocycles. The van der Waals surface area contributed by atoms with Crippen molar-refractivity contribution in [2.45, 2.75) is 57.3 Å². The van der Waals surface area contributed by atoms with Crippen LogP contribution in [0, 0.1) is 13.8 Å². The summed E-state index contributed by atoms with van der Waals surface area (Å²) in [6.07, 6.45) is -2.78. The van der Waals surface area contributed by atoms with Crippen molar-refractivity contribution in [3.63, 3.8) is 0 Å². The molecule has 2 aromatic carbocycles. The van der Waals surface area contributed by atoms with Gasteiger partial charge in [-0.15, -0.1) is 0 Å². The molecule has 41 heavy (non-hydrogen) atoms. The topological polar surface area (TPSA) is 137 Å². The lowest BCUT2D eigenvalue weighted by Gasteiger charge is -2.30. The van der Waals surface area contributed by atoms with Gasteiger partial charge in [0.1, 0.15) is 17.4 Å². The summed E-state index contributed by atoms with van der Waals surface area (Å²) < 4.78 is 34.2. The fourth-order valence-corrected chi connectivity index (χ4v) is 4.88. The van der Waals surface area contributed by atoms with Gasteiger partial charge >= 0.3 is 0 Å². The Kier molecular flexibility index (Phi) is 9.01. The first kappa shape index (κ1) is 29.7. The van der Waals surface area contributed by atoms with Gasteiger partial charge in [0.05, 0.1) is 18.3 Å². The number of aliphatic hydroxyl groups is 1. The number of hydrogen-bond acceptors (Lipinski definition) is 7. The van der Waals surface area contributed by atoms with E-state index in [-0.39, 0.29) is 24.3 Å². The third-order valence-electron chi connectivity index (χ3n) is 7.07. The zero-order chi connectivity index (χ0) is 29.7. The summed E-state index contributed by atoms with van der Waals surface area (Å²) in [5.74, 6) is -5.57. The van der Waals surface area contributed by atoms with Gasteiger partial charge in [-0.05, 0) is 43.5 Å². The number of amides is 3. The second-order valence-corrected chi connectivity index (χ2v) is 10.1. The summed E-state index contributed by atoms with van der Waals surface area (Å²) in [4.78, 5) is 40.3. The average Bonchev–Trinajstić information content (AvgIpc) is 3.48. The van der Waals surface area contributed by atoms with Crippen LogP contribution >= 0.6 is 0 Å². The number of anilines is 1. The Morgan fingerprint density at radius 3 is 2.39 bits per heavy atom. The molecule has 1 aliphatic rings. The van der Waals surface area contributed by atoms with E-state index in [4.69, 9.17) is 4.52 Å². The predicted molar refractivity (Wildman–Crippen MR) is 146 cm³/mol. The van der Waals surface area contributed by atoms with Crippen LogP contribution in [-0.4, -0.2) is 70.6 Å². The number of rotatable bonds is 10. The third kappa shape index (κ3) is 7.07. The number of aromatic nitrogens is 1. The minimum Gasteiger partial charge on any atom is -0.388 e. The summed E-state index contributed by atoms with van der Waals surface area (Å²) in [6.45, 7) is 2.16. The van der Waals surface area contributed by atoms with E-state index in [0.717, 1.165) is 11.3 Å². The Hall–Kier alpha value is -4.32. The van der Waals surface area contributed by atoms with Crippen LogP contribution in [0.15, 0.2) is 59.1 Å². The van der Waals surface area contributed by atoms with Gasteiger partial charge in [0, 0.05) is 25.7 Å². The van der Waals surface area contributed by atoms with E-state index < -0.39 is 54.8 Å². The number of hydrogen-bond donors (Lipinski definition) is 4. The van der Waals surface area contributed by atoms with Crippen molar-refractivity contribution in [1.29, 1.82) is 0 Å². The number of benzene rings is 2. The van der Waals surface area contributed by atoms with Crippen molar-refractivity contribution in [2.24, 2.45) is 0 Å². The first-order chi connectivity index (χ1) is 19.5. The second kappa shape index (κ2) is 12.5. The summed E-state index contributed by atoms with van der Waals surface area (Å²) in [7, 11) is 1.77. The highest BCUT2D eigenvalue weighted by Gasteiger charge is 2.51. The van der Waals surface area contributed by atoms with Gasteiger partial charge in [-0.3, -0.25) is 14.4 Å². The normalized spacial score (nSPS) is 17.5. The highest BCUT2D eigenvalue weighted by atomic mass is 19.3. The van der Waals surface area contributed by atoms with Crippen molar-refractivity contribution in [1.82, 2.24) is 20.7 Å². The predicted octanol–water partition coefficient (Wildman–Crippen LogP) is 2.59. The third-order valence-corrected chi connectivity index (χ3v) is 7.07. The zero-order valence-corrected chi connectivity index (χ0v) is 23.0. The molecule has 2 heterocycles. The largest absolute Gasteiger partial charge is 0.388 e. The van der Waals surface area contributed by atoms with Crippen LogP contribution in [0.3, 0.4) is 0 Å². The molecule has 218 valence electrons. The highest BCUT2D eigenvalue weighted by molar-refractivity contribution is 5.97. The molecule has 10 nitrogen and oxygen atoms in total. The zero-order valence-electron chi connectivity index (χ0n) is 23.0. The van der Waals surface area contributed by atoms with Gasteiger partial charge < -0.3 is 30.5 Å². The molecule has 3 amide bonds. The fourth-order valence-electron chi connectivity index (χ4n) is 4.88. The number of nitrogens with zero attached hydrogens (tertiary/aromatic N) is 2. The van der Waals surface area contributed by atoms with Crippen molar-refractivity contribution in [3.05, 3.63) is 82.7 Å². The number of carbonyl (C=O) groups excluding carboxylic acids is 3. The van der Waals surface area contributed by atoms with Crippen LogP contribution in [0.1, 0.15) is 39.4 Å². The van der Waals surface area contributed by atoms with Gasteiger partial charge in [-0.25, -0.2) is 8.78 Å². The molecule has 0 spiro atoms. The maximum Gasteiger partial charge on any atom is 0.267 e. The van der Waals surface area contributed by atoms with Gasteiger partial charge in [-0.1, -0.05) is 47.6 Å². The van der Waals surface area contributed by atoms with Gasteiger partial charge in [0.25, 0.3) is 17.7 Å². The molecule has 12 heteroatoms. The maximum absolute atomic E-state index is 14.6. The lowest BCUT2D eigenvalue weighted by atomic mass is 9.99. The van der Waals surface area contributed by atoms with Crippen molar-refractivity contribution >= 4 is 23.4 Å². The smallest absolute Gasteiger partial charge is 0.267 e. The Labute approximate surface area is 236 Å². The van der Waals surface area contributed by atoms with Crippen LogP contribution in [-0.2, 0) is 22.6 Å². The van der Waals surface area contributed by atoms with Crippen LogP contribution in [0.25, 0.3) is 0 Å². The summed E-state index contributed by atoms with van der Waals surface area (Å²) in [5.41, 5.74) is 2.76. The summed E-state index contributed by atoms with van der Waals surface area (Å²) in [6, 6.07) is 13.2. The molecular weight excluding hydrogens is 536 g/mol. The standard InChI is InChI=1S/C29H33F2N5O5/c1-17-24(18(2)41-35-17)27(39)34-22(13-19-7-5-4-6-8-19)25(37)28(40)36-16-29(30,31)14-23(36)26(38)33-15-20-9-11-21(32-3)12-10-20/h4-12,22-23,25,32,37H,13-16H2,1-3H3,(H,33,38)(H,34,39)/t22-,23-,25-/m0/s1. The minimum absolute atomic E-state index is 0.0204. The van der Waals surface area contributed by atoms with E-state index in [9.17, 15) is 28.3 Å². The Bertz CT molecular complexity index is 1360. The quantitative estimate of drug-likeness (QED) is 0.295. The summed E-state index contributed by atoms with van der Waals surface area (Å²) in [5, 5.41) is 23.2. The van der Waals surface area contributed by atoms with Crippen molar-refractivity contribution in [2.75, 3.05) is 18.9 Å². The molecular formula is C29H33F2N5O5. The van der Waals surface area contributed by atoms with E-state index in [1.54, 1.807) is 75.5 Å². The maximum atomic E-state index is 14.6. The molecule has 0 bridgehead atoms. The molecule has 4 rings (SSSR count). The molecule has 4 N–H and O–H groups in total. The minimum atomic E-state index is -3.33. The van der Waals surface area contributed by atoms with E-state index in [1.807, 2.05) is 0 Å². The Balaban J connectivity index is 1.52. The lowest BCUT2D eigenvalue weighted by Crippen LogP contribution is -2.56. The molecule has 0 unspecified atom stereocenters. The molecule has 3 atom stereocenters. The number of aryl methyl sites for hydroxylation is 2. The van der Waals surface area contributed by atoms with E-state index >= 15 is 0 Å². The number of aliphatic hydroxyl groups excluding tert-OH is 1. The second-order valence-electron chi connectivity index (χ2n) is 10.1. The molecule has 1 saturated heterocycles. The van der Waals surface area contributed by atoms with Crippen LogP contribution in [0.2, 0.25) is 0 Å². The number of likely N-dealkylation sites (tertiary alicyclic amines) is 1. The van der Waals surface area contributed by atoms with Crippen LogP contribution in [0.4, 0.5) is 14.5 Å². The Morgan fingerprint density at radius 2 is 1.78 bits per heavy atom. The number of carbonyl (C=O) groups is 3. The average molecular weight is 570 g/mol. The van der Waals surface area contributed by atoms with Crippen LogP contribution < -0.4 is 16.0 Å². The Morgan fingerprint density at radius 1 is 1.10 bits per heavy atom. The van der Waals surface area contributed by atoms with Crippen molar-refractivity contribution < 1.29 is 32.8 Å². The van der Waals surface area contributed by atoms with E-state index in [0.29, 0.717) is 16.2 Å². The molecule has 3 aromatic rings. The molecule has 1 aromatic heterocycles. The molecule has 0 saturated carbocycles. The lowest BCUT2D eigenvalue weighted by molar-refractivity contribution is -0.147. The van der Waals surface area contributed by atoms with E-state index in [1.165, 1.54) is 0 Å². The first-order valence-electron chi connectivity index (χ1n) is 13.2. The number of nitrogens with one attached hydrogen (secondary N) is 3. The van der Waals surface area contributed by atoms with Gasteiger partial charge in [0.2, 0.25) is 5.91 Å². The molecule has 1 fully saturated rings. The van der Waals surface area contributed by atoms with E-state index in [2.05, 4.69) is 21.1 Å². The van der Waals surface area contributed by atoms with Crippen molar-refractivity contribution in [3.8, 4) is 0 Å². The number of alkyl halides is 2. The monoisotopic (exact) mass is 569 g/mol. The summed E-state index contributed by atoms with van der Waals surface area (Å²) >= 11 is 0. The molecule has 0 radical (unpaired) electrons. The first-order valence-corrected chi connectivity index (χ1v) is 13.2. The van der Waals surface area contributed by atoms with Gasteiger partial charge in [-0.2, -0.15) is 0 Å². The fraction of sp³-hybridized carbons (Fsp3) is 0.379. The van der Waals surface area contributed by atoms with Gasteiger partial charge in [0.15, 0.2) is 6.10 Å². The number of halogens is 2. The highest BCUT2D eigenvalue weighted by Crippen LogP contribution is 2.33. The van der Waals surface area contributed by atoms with Crippen LogP contribution in [0.5, 0.6) is 0 Å². The SMILES string of the molecule is CNc1ccc(CNC(=O)[C@@H]2CC(F)(F)CN2C(=O)[C@@H](O)[C@H](Cc2ccccc2)NC(=O)c2c(C)noc2C)cc1. The molecule has 1 aliphatic heterocycles.